The number of halogens is 5. The lowest BCUT2D eigenvalue weighted by Gasteiger charge is -2.15. The van der Waals surface area contributed by atoms with Gasteiger partial charge < -0.3 is 5.73 Å². The Morgan fingerprint density at radius 1 is 1.13 bits per heavy atom. The van der Waals surface area contributed by atoms with E-state index in [0.717, 1.165) is 4.57 Å². The van der Waals surface area contributed by atoms with Crippen LogP contribution in [0, 0.1) is 29.6 Å². The number of nitrogen functional groups attached to an aromatic ring is 1. The summed E-state index contributed by atoms with van der Waals surface area (Å²) in [6.07, 6.45) is -4.63. The van der Waals surface area contributed by atoms with Crippen LogP contribution in [0.15, 0.2) is 12.1 Å². The Balaban J connectivity index is 2.86. The Hall–Kier alpha value is -2.35. The third-order valence-electron chi connectivity index (χ3n) is 3.25. The van der Waals surface area contributed by atoms with Gasteiger partial charge in [-0.25, -0.2) is 0 Å². The molecule has 0 bridgehead atoms. The highest BCUT2D eigenvalue weighted by molar-refractivity contribution is 6.38. The van der Waals surface area contributed by atoms with Gasteiger partial charge in [-0.3, -0.25) is 4.57 Å². The molecule has 0 aliphatic heterocycles. The summed E-state index contributed by atoms with van der Waals surface area (Å²) in [5.74, 6) is 0.00154. The average Bonchev–Trinajstić information content (AvgIpc) is 2.69. The van der Waals surface area contributed by atoms with Crippen molar-refractivity contribution < 1.29 is 13.2 Å². The molecule has 4 nitrogen and oxygen atoms in total. The minimum absolute atomic E-state index is 0.00154. The summed E-state index contributed by atoms with van der Waals surface area (Å²) in [6.45, 7) is 1.51. The average molecular weight is 359 g/mol. The molecule has 0 spiro atoms. The van der Waals surface area contributed by atoms with E-state index in [1.165, 1.54) is 6.92 Å². The first-order chi connectivity index (χ1) is 10.6. The molecule has 2 rings (SSSR count). The molecule has 0 fully saturated rings. The minimum atomic E-state index is -4.63. The maximum atomic E-state index is 12.8. The number of nitrogens with two attached hydrogens (primary N) is 1. The summed E-state index contributed by atoms with van der Waals surface area (Å²) in [5, 5.41) is 17.7. The van der Waals surface area contributed by atoms with Crippen molar-refractivity contribution >= 4 is 29.0 Å². The van der Waals surface area contributed by atoms with Crippen molar-refractivity contribution in [3.63, 3.8) is 0 Å². The van der Waals surface area contributed by atoms with Gasteiger partial charge in [0.05, 0.1) is 26.9 Å². The molecule has 0 unspecified atom stereocenters. The predicted molar refractivity (Wildman–Crippen MR) is 79.4 cm³/mol. The molecule has 0 saturated heterocycles. The Labute approximate surface area is 139 Å². The van der Waals surface area contributed by atoms with Crippen LogP contribution in [0.25, 0.3) is 5.69 Å². The first-order valence-corrected chi connectivity index (χ1v) is 6.76. The summed E-state index contributed by atoms with van der Waals surface area (Å²) in [4.78, 5) is 0. The zero-order valence-corrected chi connectivity index (χ0v) is 13.0. The summed E-state index contributed by atoms with van der Waals surface area (Å²) < 4.78 is 39.4. The van der Waals surface area contributed by atoms with E-state index in [4.69, 9.17) is 34.2 Å². The Morgan fingerprint density at radius 2 is 1.65 bits per heavy atom. The second kappa shape index (κ2) is 5.69. The van der Waals surface area contributed by atoms with Crippen molar-refractivity contribution in [2.75, 3.05) is 5.73 Å². The van der Waals surface area contributed by atoms with Gasteiger partial charge in [-0.05, 0) is 19.1 Å². The highest BCUT2D eigenvalue weighted by Gasteiger charge is 2.33. The first-order valence-electron chi connectivity index (χ1n) is 6.01. The van der Waals surface area contributed by atoms with E-state index in [-0.39, 0.29) is 32.8 Å². The van der Waals surface area contributed by atoms with Gasteiger partial charge in [0, 0.05) is 5.56 Å². The molecule has 1 heterocycles. The van der Waals surface area contributed by atoms with Crippen LogP contribution < -0.4 is 5.73 Å². The van der Waals surface area contributed by atoms with Crippen molar-refractivity contribution in [3.05, 3.63) is 44.6 Å². The van der Waals surface area contributed by atoms with Gasteiger partial charge in [-0.15, -0.1) is 0 Å². The second-order valence-corrected chi connectivity index (χ2v) is 5.39. The number of aromatic nitrogens is 1. The first kappa shape index (κ1) is 17.0. The zero-order valence-electron chi connectivity index (χ0n) is 11.5. The molecular formula is C14H7Cl2F3N4. The van der Waals surface area contributed by atoms with E-state index in [2.05, 4.69) is 0 Å². The molecular weight excluding hydrogens is 352 g/mol. The molecule has 1 aromatic heterocycles. The lowest BCUT2D eigenvalue weighted by molar-refractivity contribution is -0.137. The van der Waals surface area contributed by atoms with E-state index < -0.39 is 11.7 Å². The molecule has 0 atom stereocenters. The molecule has 0 amide bonds. The topological polar surface area (TPSA) is 78.5 Å². The number of nitrogens with zero attached hydrogens (tertiary/aromatic N) is 3. The van der Waals surface area contributed by atoms with Gasteiger partial charge in [0.25, 0.3) is 0 Å². The van der Waals surface area contributed by atoms with E-state index in [0.29, 0.717) is 17.7 Å². The highest BCUT2D eigenvalue weighted by atomic mass is 35.5. The van der Waals surface area contributed by atoms with Crippen molar-refractivity contribution in [1.29, 1.82) is 10.5 Å². The summed E-state index contributed by atoms with van der Waals surface area (Å²) >= 11 is 11.9. The smallest absolute Gasteiger partial charge is 0.385 e. The number of hydrogen-bond donors (Lipinski definition) is 1. The van der Waals surface area contributed by atoms with E-state index >= 15 is 0 Å². The number of benzene rings is 1. The third kappa shape index (κ3) is 2.70. The molecule has 9 heteroatoms. The fourth-order valence-corrected chi connectivity index (χ4v) is 2.78. The van der Waals surface area contributed by atoms with E-state index in [1.54, 1.807) is 6.07 Å². The van der Waals surface area contributed by atoms with Gasteiger partial charge in [0.2, 0.25) is 0 Å². The molecule has 118 valence electrons. The Bertz CT molecular complexity index is 862. The monoisotopic (exact) mass is 358 g/mol. The van der Waals surface area contributed by atoms with Crippen LogP contribution in [0.5, 0.6) is 0 Å². The van der Waals surface area contributed by atoms with Gasteiger partial charge in [0.15, 0.2) is 0 Å². The van der Waals surface area contributed by atoms with Gasteiger partial charge in [-0.1, -0.05) is 23.2 Å². The van der Waals surface area contributed by atoms with Crippen molar-refractivity contribution in [1.82, 2.24) is 4.57 Å². The number of rotatable bonds is 1. The minimum Gasteiger partial charge on any atom is -0.385 e. The molecule has 2 N–H and O–H groups in total. The quantitative estimate of drug-likeness (QED) is 0.818. The Morgan fingerprint density at radius 3 is 2.04 bits per heavy atom. The maximum absolute atomic E-state index is 12.8. The summed E-state index contributed by atoms with van der Waals surface area (Å²) in [7, 11) is 0. The summed E-state index contributed by atoms with van der Waals surface area (Å²) in [5.41, 5.74) is 4.94. The molecule has 0 aliphatic carbocycles. The van der Waals surface area contributed by atoms with E-state index in [1.807, 2.05) is 6.07 Å². The van der Waals surface area contributed by atoms with Crippen LogP contribution in [-0.4, -0.2) is 4.57 Å². The molecule has 0 saturated carbocycles. The van der Waals surface area contributed by atoms with Gasteiger partial charge >= 0.3 is 6.18 Å². The van der Waals surface area contributed by atoms with Gasteiger partial charge in [0.1, 0.15) is 23.7 Å². The van der Waals surface area contributed by atoms with Crippen LogP contribution >= 0.6 is 23.2 Å². The van der Waals surface area contributed by atoms with Crippen molar-refractivity contribution in [3.8, 4) is 17.8 Å². The fourth-order valence-electron chi connectivity index (χ4n) is 2.12. The number of nitriles is 2. The maximum Gasteiger partial charge on any atom is 0.416 e. The Kier molecular flexibility index (Phi) is 4.21. The van der Waals surface area contributed by atoms with E-state index in [9.17, 15) is 18.4 Å². The molecule has 23 heavy (non-hydrogen) atoms. The third-order valence-corrected chi connectivity index (χ3v) is 3.82. The largest absolute Gasteiger partial charge is 0.416 e. The lowest BCUT2D eigenvalue weighted by atomic mass is 10.2. The number of alkyl halides is 3. The van der Waals surface area contributed by atoms with Crippen molar-refractivity contribution in [2.45, 2.75) is 13.1 Å². The number of anilines is 1. The molecule has 0 aliphatic rings. The van der Waals surface area contributed by atoms with Crippen molar-refractivity contribution in [2.24, 2.45) is 0 Å². The van der Waals surface area contributed by atoms with Crippen LogP contribution in [0.4, 0.5) is 19.0 Å². The zero-order chi connectivity index (χ0) is 17.5. The van der Waals surface area contributed by atoms with Crippen LogP contribution in [0.3, 0.4) is 0 Å². The standard InChI is InChI=1S/C14H7Cl2F3N4/c1-6-8(4-20)11(5-21)23(13(6)22)12-9(15)2-7(3-10(12)16)14(17,18)19/h2-3H,22H2,1H3. The summed E-state index contributed by atoms with van der Waals surface area (Å²) in [6, 6.07) is 5.00. The SMILES string of the molecule is Cc1c(C#N)c(C#N)n(-c2c(Cl)cc(C(F)(F)F)cc2Cl)c1N. The lowest BCUT2D eigenvalue weighted by Crippen LogP contribution is -2.09. The number of hydrogen-bond acceptors (Lipinski definition) is 3. The van der Waals surface area contributed by atoms with Crippen LogP contribution in [0.1, 0.15) is 22.4 Å². The predicted octanol–water partition coefficient (Wildman–Crippen LogP) is 4.44. The second-order valence-electron chi connectivity index (χ2n) is 4.58. The normalized spacial score (nSPS) is 11.1. The van der Waals surface area contributed by atoms with Crippen LogP contribution in [0.2, 0.25) is 10.0 Å². The molecule has 0 radical (unpaired) electrons. The molecule has 1 aromatic carbocycles. The fraction of sp³-hybridized carbons (Fsp3) is 0.143. The molecule has 2 aromatic rings. The van der Waals surface area contributed by atoms with Crippen LogP contribution in [-0.2, 0) is 6.18 Å². The highest BCUT2D eigenvalue weighted by Crippen LogP contribution is 2.40. The van der Waals surface area contributed by atoms with Gasteiger partial charge in [-0.2, -0.15) is 23.7 Å².